The van der Waals surface area contributed by atoms with Crippen molar-refractivity contribution in [3.63, 3.8) is 0 Å². The summed E-state index contributed by atoms with van der Waals surface area (Å²) in [6, 6.07) is 23.2. The first kappa shape index (κ1) is 20.3. The van der Waals surface area contributed by atoms with E-state index in [-0.39, 0.29) is 0 Å². The lowest BCUT2D eigenvalue weighted by molar-refractivity contribution is -0.108. The molecule has 1 heterocycles. The van der Waals surface area contributed by atoms with Gasteiger partial charge in [0, 0.05) is 29.1 Å². The van der Waals surface area contributed by atoms with Crippen molar-refractivity contribution in [1.29, 1.82) is 0 Å². The van der Waals surface area contributed by atoms with Gasteiger partial charge in [0.2, 0.25) is 0 Å². The van der Waals surface area contributed by atoms with Gasteiger partial charge in [-0.3, -0.25) is 4.79 Å². The molecule has 0 radical (unpaired) electrons. The minimum absolute atomic E-state index is 0.417. The van der Waals surface area contributed by atoms with Gasteiger partial charge in [0.15, 0.2) is 0 Å². The van der Waals surface area contributed by atoms with E-state index in [1.165, 1.54) is 0 Å². The van der Waals surface area contributed by atoms with Crippen molar-refractivity contribution in [3.05, 3.63) is 94.7 Å². The molecule has 4 rings (SSSR count). The number of nitrogens with one attached hydrogen (secondary N) is 2. The SMILES string of the molecule is CC1=C(C(=O)Cl)C(c2cccc(Cl)c2)Nc2ccc(N(C)c3ccccc3)cc2N1. The van der Waals surface area contributed by atoms with Crippen LogP contribution in [0.3, 0.4) is 0 Å². The molecule has 2 N–H and O–H groups in total. The maximum Gasteiger partial charge on any atom is 0.252 e. The highest BCUT2D eigenvalue weighted by Gasteiger charge is 2.28. The fourth-order valence-corrected chi connectivity index (χ4v) is 4.13. The molecule has 0 amide bonds. The summed E-state index contributed by atoms with van der Waals surface area (Å²) >= 11 is 12.2. The molecule has 1 aliphatic rings. The van der Waals surface area contributed by atoms with Gasteiger partial charge in [0.1, 0.15) is 0 Å². The van der Waals surface area contributed by atoms with Crippen LogP contribution in [0.5, 0.6) is 0 Å². The van der Waals surface area contributed by atoms with Gasteiger partial charge in [0.25, 0.3) is 5.24 Å². The van der Waals surface area contributed by atoms with Crippen molar-refractivity contribution in [3.8, 4) is 0 Å². The van der Waals surface area contributed by atoms with Crippen molar-refractivity contribution < 1.29 is 4.79 Å². The first-order valence-electron chi connectivity index (χ1n) is 9.56. The van der Waals surface area contributed by atoms with E-state index in [4.69, 9.17) is 23.2 Å². The molecule has 0 saturated heterocycles. The summed E-state index contributed by atoms with van der Waals surface area (Å²) in [7, 11) is 2.02. The minimum Gasteiger partial charge on any atom is -0.372 e. The van der Waals surface area contributed by atoms with Gasteiger partial charge in [-0.05, 0) is 66.6 Å². The second-order valence-electron chi connectivity index (χ2n) is 7.19. The van der Waals surface area contributed by atoms with Crippen LogP contribution in [0, 0.1) is 0 Å². The molecule has 4 nitrogen and oxygen atoms in total. The molecular formula is C24H21Cl2N3O. The largest absolute Gasteiger partial charge is 0.372 e. The first-order valence-corrected chi connectivity index (χ1v) is 10.3. The van der Waals surface area contributed by atoms with Crippen LogP contribution in [0.2, 0.25) is 5.02 Å². The Labute approximate surface area is 186 Å². The summed E-state index contributed by atoms with van der Waals surface area (Å²) in [5.41, 5.74) is 5.87. The third-order valence-electron chi connectivity index (χ3n) is 5.24. The molecule has 30 heavy (non-hydrogen) atoms. The van der Waals surface area contributed by atoms with Gasteiger partial charge in [-0.15, -0.1) is 0 Å². The van der Waals surface area contributed by atoms with Crippen LogP contribution in [0.1, 0.15) is 18.5 Å². The summed E-state index contributed by atoms with van der Waals surface area (Å²) < 4.78 is 0. The van der Waals surface area contributed by atoms with Crippen LogP contribution in [-0.2, 0) is 4.79 Å². The van der Waals surface area contributed by atoms with Crippen LogP contribution in [0.25, 0.3) is 0 Å². The van der Waals surface area contributed by atoms with Crippen LogP contribution >= 0.6 is 23.2 Å². The molecule has 3 aromatic rings. The van der Waals surface area contributed by atoms with E-state index in [0.717, 1.165) is 28.3 Å². The lowest BCUT2D eigenvalue weighted by Crippen LogP contribution is -2.17. The van der Waals surface area contributed by atoms with Crippen LogP contribution in [-0.4, -0.2) is 12.3 Å². The molecular weight excluding hydrogens is 417 g/mol. The minimum atomic E-state index is -0.507. The summed E-state index contributed by atoms with van der Waals surface area (Å²) in [5, 5.41) is 6.93. The number of carbonyl (C=O) groups is 1. The van der Waals surface area contributed by atoms with E-state index in [1.807, 2.05) is 62.5 Å². The average molecular weight is 438 g/mol. The number of rotatable bonds is 4. The number of carbonyl (C=O) groups excluding carboxylic acids is 1. The summed E-state index contributed by atoms with van der Waals surface area (Å²) in [4.78, 5) is 14.4. The number of anilines is 4. The van der Waals surface area contributed by atoms with E-state index in [2.05, 4.69) is 33.7 Å². The molecule has 6 heteroatoms. The van der Waals surface area contributed by atoms with Crippen molar-refractivity contribution in [2.45, 2.75) is 13.0 Å². The van der Waals surface area contributed by atoms with Crippen molar-refractivity contribution in [2.75, 3.05) is 22.6 Å². The molecule has 0 fully saturated rings. The van der Waals surface area contributed by atoms with Crippen LogP contribution in [0.4, 0.5) is 22.7 Å². The van der Waals surface area contributed by atoms with Crippen molar-refractivity contribution in [1.82, 2.24) is 0 Å². The number of nitrogens with zero attached hydrogens (tertiary/aromatic N) is 1. The summed E-state index contributed by atoms with van der Waals surface area (Å²) in [5.74, 6) is 0. The lowest BCUT2D eigenvalue weighted by Gasteiger charge is -2.23. The third-order valence-corrected chi connectivity index (χ3v) is 5.68. The first-order chi connectivity index (χ1) is 14.4. The second-order valence-corrected chi connectivity index (χ2v) is 7.97. The Bertz CT molecular complexity index is 1130. The fourth-order valence-electron chi connectivity index (χ4n) is 3.68. The van der Waals surface area contributed by atoms with Gasteiger partial charge in [-0.2, -0.15) is 0 Å². The van der Waals surface area contributed by atoms with E-state index in [1.54, 1.807) is 6.07 Å². The van der Waals surface area contributed by atoms with Gasteiger partial charge in [-0.1, -0.05) is 41.9 Å². The number of benzene rings is 3. The van der Waals surface area contributed by atoms with E-state index >= 15 is 0 Å². The Morgan fingerprint density at radius 1 is 0.933 bits per heavy atom. The highest BCUT2D eigenvalue weighted by molar-refractivity contribution is 6.68. The van der Waals surface area contributed by atoms with Gasteiger partial charge >= 0.3 is 0 Å². The number of halogens is 2. The Morgan fingerprint density at radius 3 is 2.40 bits per heavy atom. The Morgan fingerprint density at radius 2 is 1.70 bits per heavy atom. The smallest absolute Gasteiger partial charge is 0.252 e. The third kappa shape index (κ3) is 4.02. The standard InChI is InChI=1S/C24H21Cl2N3O/c1-15-22(24(26)30)23(16-7-6-8-17(25)13-16)28-20-12-11-19(14-21(20)27-15)29(2)18-9-4-3-5-10-18/h3-14,23,27-28H,1-2H3. The topological polar surface area (TPSA) is 44.4 Å². The van der Waals surface area contributed by atoms with Crippen LogP contribution in [0.15, 0.2) is 84.1 Å². The predicted molar refractivity (Wildman–Crippen MR) is 126 cm³/mol. The number of fused-ring (bicyclic) bond motifs is 1. The molecule has 0 saturated carbocycles. The van der Waals surface area contributed by atoms with Crippen molar-refractivity contribution >= 4 is 51.2 Å². The Balaban J connectivity index is 1.76. The molecule has 0 aromatic heterocycles. The van der Waals surface area contributed by atoms with E-state index < -0.39 is 11.3 Å². The number of para-hydroxylation sites is 1. The molecule has 0 spiro atoms. The highest BCUT2D eigenvalue weighted by Crippen LogP contribution is 2.40. The predicted octanol–water partition coefficient (Wildman–Crippen LogP) is 6.73. The maximum absolute atomic E-state index is 12.3. The average Bonchev–Trinajstić information content (AvgIpc) is 2.89. The van der Waals surface area contributed by atoms with E-state index in [9.17, 15) is 4.79 Å². The quantitative estimate of drug-likeness (QED) is 0.444. The zero-order chi connectivity index (χ0) is 21.3. The van der Waals surface area contributed by atoms with Crippen molar-refractivity contribution in [2.24, 2.45) is 0 Å². The molecule has 1 unspecified atom stereocenters. The molecule has 152 valence electrons. The summed E-state index contributed by atoms with van der Waals surface area (Å²) in [6.07, 6.45) is 0. The number of hydrogen-bond acceptors (Lipinski definition) is 4. The highest BCUT2D eigenvalue weighted by atomic mass is 35.5. The van der Waals surface area contributed by atoms with Gasteiger partial charge < -0.3 is 15.5 Å². The zero-order valence-electron chi connectivity index (χ0n) is 16.6. The number of hydrogen-bond donors (Lipinski definition) is 2. The molecule has 3 aromatic carbocycles. The molecule has 1 aliphatic heterocycles. The van der Waals surface area contributed by atoms with Crippen LogP contribution < -0.4 is 15.5 Å². The fraction of sp³-hybridized carbons (Fsp3) is 0.125. The van der Waals surface area contributed by atoms with Gasteiger partial charge in [-0.25, -0.2) is 0 Å². The zero-order valence-corrected chi connectivity index (χ0v) is 18.1. The molecule has 0 aliphatic carbocycles. The lowest BCUT2D eigenvalue weighted by atomic mass is 9.98. The monoisotopic (exact) mass is 437 g/mol. The number of allylic oxidation sites excluding steroid dienone is 1. The molecule has 1 atom stereocenters. The Kier molecular flexibility index (Phi) is 5.71. The summed E-state index contributed by atoms with van der Waals surface area (Å²) in [6.45, 7) is 1.86. The normalized spacial score (nSPS) is 15.5. The van der Waals surface area contributed by atoms with E-state index in [0.29, 0.717) is 16.3 Å². The Hall–Kier alpha value is -2.95. The second kappa shape index (κ2) is 8.42. The maximum atomic E-state index is 12.3. The van der Waals surface area contributed by atoms with Gasteiger partial charge in [0.05, 0.1) is 23.0 Å². The molecule has 0 bridgehead atoms.